The number of hydrogen-bond donors (Lipinski definition) is 0. The first-order valence-corrected chi connectivity index (χ1v) is 7.21. The smallest absolute Gasteiger partial charge is 0.121 e. The molecule has 0 aromatic heterocycles. The maximum absolute atomic E-state index is 5.78. The van der Waals surface area contributed by atoms with E-state index in [4.69, 9.17) is 11.6 Å². The molecule has 0 fully saturated rings. The van der Waals surface area contributed by atoms with Gasteiger partial charge >= 0.3 is 0 Å². The van der Waals surface area contributed by atoms with Gasteiger partial charge in [-0.2, -0.15) is 0 Å². The van der Waals surface area contributed by atoms with Crippen LogP contribution in [-0.4, -0.2) is 9.52 Å². The Morgan fingerprint density at radius 3 is 2.29 bits per heavy atom. The van der Waals surface area contributed by atoms with Crippen LogP contribution in [0.25, 0.3) is 0 Å². The van der Waals surface area contributed by atoms with Crippen molar-refractivity contribution in [1.29, 1.82) is 0 Å². The molecule has 17 heavy (non-hydrogen) atoms. The summed E-state index contributed by atoms with van der Waals surface area (Å²) in [6.07, 6.45) is 0. The van der Waals surface area contributed by atoms with Gasteiger partial charge in [-0.3, -0.25) is 0 Å². The number of halogens is 1. The molecule has 0 bridgehead atoms. The third-order valence-corrected chi connectivity index (χ3v) is 4.53. The normalized spacial score (nSPS) is 10.5. The first kappa shape index (κ1) is 12.4. The third-order valence-electron chi connectivity index (χ3n) is 2.77. The Kier molecular flexibility index (Phi) is 4.03. The summed E-state index contributed by atoms with van der Waals surface area (Å²) in [6, 6.07) is 15.2. The maximum atomic E-state index is 5.78. The van der Waals surface area contributed by atoms with Crippen molar-refractivity contribution in [1.82, 2.24) is 0 Å². The maximum Gasteiger partial charge on any atom is 0.121 e. The van der Waals surface area contributed by atoms with Gasteiger partial charge in [0.2, 0.25) is 0 Å². The van der Waals surface area contributed by atoms with Crippen LogP contribution in [0.15, 0.2) is 42.5 Å². The molecule has 2 aromatic carbocycles. The molecule has 0 spiro atoms. The second-order valence-electron chi connectivity index (χ2n) is 4.27. The predicted molar refractivity (Wildman–Crippen MR) is 76.9 cm³/mol. The highest BCUT2D eigenvalue weighted by Gasteiger charge is 2.02. The first-order chi connectivity index (χ1) is 8.19. The minimum Gasteiger partial charge on any atom is -0.122 e. The first-order valence-electron chi connectivity index (χ1n) is 5.68. The minimum absolute atomic E-state index is 0.590. The molecule has 0 aliphatic carbocycles. The number of hydrogen-bond acceptors (Lipinski definition) is 0. The summed E-state index contributed by atoms with van der Waals surface area (Å²) in [4.78, 5) is 0. The molecular formula is C15H15ClSi. The van der Waals surface area contributed by atoms with Gasteiger partial charge in [0.25, 0.3) is 0 Å². The third kappa shape index (κ3) is 3.21. The summed E-state index contributed by atoms with van der Waals surface area (Å²) in [5.41, 5.74) is 3.89. The van der Waals surface area contributed by atoms with Gasteiger partial charge in [-0.25, -0.2) is 0 Å². The summed E-state index contributed by atoms with van der Waals surface area (Å²) in [6.45, 7) is 4.32. The highest BCUT2D eigenvalue weighted by molar-refractivity contribution is 6.67. The highest BCUT2D eigenvalue weighted by Crippen LogP contribution is 2.02. The lowest BCUT2D eigenvalue weighted by Crippen LogP contribution is -2.28. The van der Waals surface area contributed by atoms with Crippen LogP contribution >= 0.6 is 11.6 Å². The molecule has 86 valence electrons. The summed E-state index contributed by atoms with van der Waals surface area (Å²) in [5.74, 6) is 0.590. The van der Waals surface area contributed by atoms with Crippen LogP contribution in [0.2, 0.25) is 0 Å². The van der Waals surface area contributed by atoms with Crippen molar-refractivity contribution in [2.45, 2.75) is 19.7 Å². The van der Waals surface area contributed by atoms with E-state index >= 15 is 0 Å². The Bertz CT molecular complexity index is 503. The van der Waals surface area contributed by atoms with E-state index in [1.807, 2.05) is 0 Å². The molecule has 0 atom stereocenters. The van der Waals surface area contributed by atoms with Crippen LogP contribution in [-0.2, 0) is 5.88 Å². The predicted octanol–water partition coefficient (Wildman–Crippen LogP) is 2.70. The van der Waals surface area contributed by atoms with Gasteiger partial charge in [0.05, 0.1) is 0 Å². The van der Waals surface area contributed by atoms with E-state index in [1.165, 1.54) is 27.1 Å². The second-order valence-corrected chi connectivity index (χ2v) is 5.91. The fraction of sp³-hybridized carbons (Fsp3) is 0.200. The Morgan fingerprint density at radius 1 is 1.00 bits per heavy atom. The number of benzene rings is 2. The summed E-state index contributed by atoms with van der Waals surface area (Å²) >= 11 is 5.78. The van der Waals surface area contributed by atoms with E-state index < -0.39 is 0 Å². The van der Waals surface area contributed by atoms with Crippen LogP contribution in [0.1, 0.15) is 16.7 Å². The van der Waals surface area contributed by atoms with Crippen molar-refractivity contribution in [3.63, 3.8) is 0 Å². The Hall–Kier alpha value is -1.05. The van der Waals surface area contributed by atoms with Crippen molar-refractivity contribution in [2.75, 3.05) is 0 Å². The standard InChI is InChI=1S/C15H15ClSi/c1-11-3-8-15(12(2)9-11)17-14-6-4-13(10-16)5-7-14/h3-9H,10H2,1-2H3. The summed E-state index contributed by atoms with van der Waals surface area (Å²) < 4.78 is 0. The fourth-order valence-electron chi connectivity index (χ4n) is 1.79. The average Bonchev–Trinajstić information content (AvgIpc) is 2.34. The zero-order valence-corrected chi connectivity index (χ0v) is 11.9. The summed E-state index contributed by atoms with van der Waals surface area (Å²) in [7, 11) is 0.727. The molecule has 0 heterocycles. The van der Waals surface area contributed by atoms with Gasteiger partial charge in [-0.15, -0.1) is 11.6 Å². The van der Waals surface area contributed by atoms with Crippen molar-refractivity contribution in [3.8, 4) is 0 Å². The molecule has 0 aliphatic rings. The lowest BCUT2D eigenvalue weighted by atomic mass is 10.2. The number of alkyl halides is 1. The van der Waals surface area contributed by atoms with E-state index in [2.05, 4.69) is 56.3 Å². The van der Waals surface area contributed by atoms with E-state index in [0.29, 0.717) is 5.88 Å². The SMILES string of the molecule is Cc1ccc([Si]c2ccc(CCl)cc2)c(C)c1. The number of rotatable bonds is 3. The lowest BCUT2D eigenvalue weighted by Gasteiger charge is -2.06. The van der Waals surface area contributed by atoms with E-state index in [1.54, 1.807) is 0 Å². The topological polar surface area (TPSA) is 0 Å². The van der Waals surface area contributed by atoms with E-state index in [-0.39, 0.29) is 0 Å². The highest BCUT2D eigenvalue weighted by atomic mass is 35.5. The molecule has 0 saturated heterocycles. The Morgan fingerprint density at radius 2 is 1.71 bits per heavy atom. The van der Waals surface area contributed by atoms with Crippen LogP contribution < -0.4 is 10.4 Å². The molecule has 2 radical (unpaired) electrons. The van der Waals surface area contributed by atoms with Crippen molar-refractivity contribution in [3.05, 3.63) is 59.2 Å². The molecule has 0 amide bonds. The van der Waals surface area contributed by atoms with Crippen molar-refractivity contribution < 1.29 is 0 Å². The largest absolute Gasteiger partial charge is 0.122 e. The minimum atomic E-state index is 0.590. The molecular weight excluding hydrogens is 244 g/mol. The van der Waals surface area contributed by atoms with Gasteiger partial charge in [-0.05, 0) is 19.4 Å². The van der Waals surface area contributed by atoms with Gasteiger partial charge in [0.1, 0.15) is 9.52 Å². The van der Waals surface area contributed by atoms with Crippen LogP contribution in [0.4, 0.5) is 0 Å². The Labute approximate surface area is 110 Å². The average molecular weight is 259 g/mol. The molecule has 0 aliphatic heterocycles. The zero-order chi connectivity index (χ0) is 12.3. The molecule has 2 aromatic rings. The van der Waals surface area contributed by atoms with Crippen LogP contribution in [0, 0.1) is 13.8 Å². The van der Waals surface area contributed by atoms with Crippen molar-refractivity contribution >= 4 is 31.5 Å². The van der Waals surface area contributed by atoms with Gasteiger partial charge in [0, 0.05) is 5.88 Å². The molecule has 0 nitrogen and oxygen atoms in total. The van der Waals surface area contributed by atoms with Gasteiger partial charge < -0.3 is 0 Å². The fourth-order valence-corrected chi connectivity index (χ4v) is 3.05. The van der Waals surface area contributed by atoms with Gasteiger partial charge in [0.15, 0.2) is 0 Å². The monoisotopic (exact) mass is 258 g/mol. The second kappa shape index (κ2) is 5.52. The molecule has 2 heteroatoms. The van der Waals surface area contributed by atoms with Crippen LogP contribution in [0.3, 0.4) is 0 Å². The molecule has 0 N–H and O–H groups in total. The Balaban J connectivity index is 2.19. The summed E-state index contributed by atoms with van der Waals surface area (Å²) in [5, 5.41) is 2.79. The zero-order valence-electron chi connectivity index (χ0n) is 10.1. The quantitative estimate of drug-likeness (QED) is 0.587. The molecule has 2 rings (SSSR count). The molecule has 0 unspecified atom stereocenters. The van der Waals surface area contributed by atoms with Crippen LogP contribution in [0.5, 0.6) is 0 Å². The van der Waals surface area contributed by atoms with Gasteiger partial charge in [-0.1, -0.05) is 64.0 Å². The van der Waals surface area contributed by atoms with Crippen molar-refractivity contribution in [2.24, 2.45) is 0 Å². The van der Waals surface area contributed by atoms with E-state index in [9.17, 15) is 0 Å². The van der Waals surface area contributed by atoms with E-state index in [0.717, 1.165) is 9.52 Å². The number of aryl methyl sites for hydroxylation is 2. The molecule has 0 saturated carbocycles. The lowest BCUT2D eigenvalue weighted by molar-refractivity contribution is 1.41.